The number of ether oxygens (including phenoxy) is 1. The zero-order chi connectivity index (χ0) is 12.7. The van der Waals surface area contributed by atoms with Crippen LogP contribution in [0.2, 0.25) is 0 Å². The number of hydrogen-bond donors (Lipinski definition) is 2. The predicted octanol–water partition coefficient (Wildman–Crippen LogP) is 0.683. The molecule has 2 aromatic rings. The fraction of sp³-hybridized carbons (Fsp3) is 0.500. The van der Waals surface area contributed by atoms with Crippen LogP contribution >= 0.6 is 22.6 Å². The Morgan fingerprint density at radius 3 is 3.06 bits per heavy atom. The fourth-order valence-electron chi connectivity index (χ4n) is 2.15. The Balaban J connectivity index is 2.03. The van der Waals surface area contributed by atoms with Crippen molar-refractivity contribution < 1.29 is 9.84 Å². The van der Waals surface area contributed by atoms with Gasteiger partial charge in [0.25, 0.3) is 0 Å². The molecule has 0 saturated carbocycles. The van der Waals surface area contributed by atoms with Gasteiger partial charge in [-0.15, -0.1) is 0 Å². The molecular formula is C10H12IN5O2. The molecule has 0 spiro atoms. The lowest BCUT2D eigenvalue weighted by atomic mass is 10.2. The molecule has 0 amide bonds. The number of aliphatic hydroxyl groups is 1. The van der Waals surface area contributed by atoms with Gasteiger partial charge in [-0.05, 0) is 12.8 Å². The van der Waals surface area contributed by atoms with E-state index in [0.717, 1.165) is 12.8 Å². The Morgan fingerprint density at radius 2 is 2.33 bits per heavy atom. The molecular weight excluding hydrogens is 349 g/mol. The van der Waals surface area contributed by atoms with Gasteiger partial charge in [-0.25, -0.2) is 15.0 Å². The van der Waals surface area contributed by atoms with Crippen molar-refractivity contribution in [2.45, 2.75) is 25.2 Å². The third-order valence-electron chi connectivity index (χ3n) is 3.02. The Bertz CT molecular complexity index is 587. The van der Waals surface area contributed by atoms with E-state index in [1.54, 1.807) is 6.33 Å². The van der Waals surface area contributed by atoms with Crippen LogP contribution in [-0.4, -0.2) is 37.3 Å². The second kappa shape index (κ2) is 4.59. The molecule has 2 atom stereocenters. The third-order valence-corrected chi connectivity index (χ3v) is 3.50. The lowest BCUT2D eigenvalue weighted by Gasteiger charge is -2.13. The highest BCUT2D eigenvalue weighted by Crippen LogP contribution is 2.30. The minimum atomic E-state index is -0.141. The van der Waals surface area contributed by atoms with Crippen molar-refractivity contribution >= 4 is 39.6 Å². The van der Waals surface area contributed by atoms with Crippen LogP contribution in [0.15, 0.2) is 6.33 Å². The molecule has 96 valence electrons. The second-order valence-electron chi connectivity index (χ2n) is 4.17. The number of nitrogens with zero attached hydrogens (tertiary/aromatic N) is 4. The Labute approximate surface area is 117 Å². The van der Waals surface area contributed by atoms with Crippen molar-refractivity contribution in [2.24, 2.45) is 0 Å². The van der Waals surface area contributed by atoms with E-state index >= 15 is 0 Å². The maximum Gasteiger partial charge on any atom is 0.194 e. The van der Waals surface area contributed by atoms with Crippen molar-refractivity contribution in [1.82, 2.24) is 19.5 Å². The molecule has 1 aliphatic heterocycles. The van der Waals surface area contributed by atoms with E-state index in [1.165, 1.54) is 0 Å². The van der Waals surface area contributed by atoms with Crippen LogP contribution < -0.4 is 5.73 Å². The molecule has 0 aromatic carbocycles. The number of imidazole rings is 1. The van der Waals surface area contributed by atoms with Crippen molar-refractivity contribution in [3.63, 3.8) is 0 Å². The maximum atomic E-state index is 9.09. The van der Waals surface area contributed by atoms with Gasteiger partial charge in [0, 0.05) is 22.6 Å². The van der Waals surface area contributed by atoms with Crippen LogP contribution in [0, 0.1) is 3.83 Å². The largest absolute Gasteiger partial charge is 0.394 e. The van der Waals surface area contributed by atoms with Gasteiger partial charge >= 0.3 is 0 Å². The maximum absolute atomic E-state index is 9.09. The fourth-order valence-corrected chi connectivity index (χ4v) is 2.64. The third kappa shape index (κ3) is 1.93. The summed E-state index contributed by atoms with van der Waals surface area (Å²) in [5, 5.41) is 9.09. The van der Waals surface area contributed by atoms with Gasteiger partial charge in [0.05, 0.1) is 19.0 Å². The van der Waals surface area contributed by atoms with E-state index in [1.807, 2.05) is 27.2 Å². The van der Waals surface area contributed by atoms with E-state index in [0.29, 0.717) is 20.8 Å². The first-order chi connectivity index (χ1) is 8.69. The molecule has 0 bridgehead atoms. The molecule has 7 nitrogen and oxygen atoms in total. The molecule has 1 fully saturated rings. The number of aromatic nitrogens is 4. The topological polar surface area (TPSA) is 99.1 Å². The zero-order valence-corrected chi connectivity index (χ0v) is 11.6. The molecule has 0 radical (unpaired) electrons. The molecule has 3 rings (SSSR count). The minimum Gasteiger partial charge on any atom is -0.394 e. The van der Waals surface area contributed by atoms with Crippen molar-refractivity contribution in [3.05, 3.63) is 10.2 Å². The molecule has 18 heavy (non-hydrogen) atoms. The summed E-state index contributed by atoms with van der Waals surface area (Å²) < 4.78 is 8.14. The first-order valence-electron chi connectivity index (χ1n) is 5.61. The Hall–Kier alpha value is -1.00. The smallest absolute Gasteiger partial charge is 0.194 e. The number of nitrogens with two attached hydrogens (primary N) is 1. The number of halogens is 1. The van der Waals surface area contributed by atoms with Crippen LogP contribution in [0.4, 0.5) is 5.82 Å². The van der Waals surface area contributed by atoms with Crippen molar-refractivity contribution in [1.29, 1.82) is 0 Å². The van der Waals surface area contributed by atoms with Gasteiger partial charge in [0.2, 0.25) is 0 Å². The van der Waals surface area contributed by atoms with Crippen LogP contribution in [0.25, 0.3) is 11.2 Å². The molecule has 2 aromatic heterocycles. The number of fused-ring (bicyclic) bond motifs is 1. The van der Waals surface area contributed by atoms with Gasteiger partial charge in [0.15, 0.2) is 15.3 Å². The van der Waals surface area contributed by atoms with Gasteiger partial charge in [0.1, 0.15) is 11.7 Å². The van der Waals surface area contributed by atoms with E-state index in [4.69, 9.17) is 15.6 Å². The van der Waals surface area contributed by atoms with Gasteiger partial charge in [-0.2, -0.15) is 0 Å². The molecule has 0 aliphatic carbocycles. The standard InChI is InChI=1S/C10H12IN5O2/c11-10-14-8(12)7-9(15-10)16(4-13-7)6-2-1-5(3-17)18-6/h4-6,17H,1-3H2,(H2,12,14,15). The molecule has 1 aliphatic rings. The van der Waals surface area contributed by atoms with E-state index in [-0.39, 0.29) is 18.9 Å². The molecule has 3 N–H and O–H groups in total. The Morgan fingerprint density at radius 1 is 1.50 bits per heavy atom. The summed E-state index contributed by atoms with van der Waals surface area (Å²) in [7, 11) is 0. The van der Waals surface area contributed by atoms with Crippen LogP contribution in [0.1, 0.15) is 19.1 Å². The summed E-state index contributed by atoms with van der Waals surface area (Å²) in [5.74, 6) is 0.375. The van der Waals surface area contributed by atoms with E-state index in [9.17, 15) is 0 Å². The summed E-state index contributed by atoms with van der Waals surface area (Å²) in [6.45, 7) is 0.0395. The average Bonchev–Trinajstić information content (AvgIpc) is 2.93. The summed E-state index contributed by atoms with van der Waals surface area (Å²) in [5.41, 5.74) is 7.08. The van der Waals surface area contributed by atoms with Gasteiger partial charge in [-0.1, -0.05) is 0 Å². The predicted molar refractivity (Wildman–Crippen MR) is 72.7 cm³/mol. The lowest BCUT2D eigenvalue weighted by molar-refractivity contribution is -0.0207. The molecule has 3 heterocycles. The molecule has 1 saturated heterocycles. The molecule has 2 unspecified atom stereocenters. The first kappa shape index (κ1) is 12.1. The monoisotopic (exact) mass is 361 g/mol. The minimum absolute atomic E-state index is 0.0395. The quantitative estimate of drug-likeness (QED) is 0.603. The summed E-state index contributed by atoms with van der Waals surface area (Å²) >= 11 is 2.02. The lowest BCUT2D eigenvalue weighted by Crippen LogP contribution is -2.14. The highest BCUT2D eigenvalue weighted by Gasteiger charge is 2.27. The SMILES string of the molecule is Nc1nc(I)nc2c1ncn2C1CCC(CO)O1. The number of anilines is 1. The molecule has 8 heteroatoms. The van der Waals surface area contributed by atoms with Crippen LogP contribution in [-0.2, 0) is 4.74 Å². The number of hydrogen-bond acceptors (Lipinski definition) is 6. The summed E-state index contributed by atoms with van der Waals surface area (Å²) in [4.78, 5) is 12.6. The highest BCUT2D eigenvalue weighted by atomic mass is 127. The number of rotatable bonds is 2. The highest BCUT2D eigenvalue weighted by molar-refractivity contribution is 14.1. The summed E-state index contributed by atoms with van der Waals surface area (Å²) in [6.07, 6.45) is 3.08. The number of nitrogen functional groups attached to an aromatic ring is 1. The van der Waals surface area contributed by atoms with Crippen molar-refractivity contribution in [2.75, 3.05) is 12.3 Å². The Kier molecular flexibility index (Phi) is 3.08. The number of aliphatic hydroxyl groups excluding tert-OH is 1. The van der Waals surface area contributed by atoms with Gasteiger partial charge in [-0.3, -0.25) is 4.57 Å². The van der Waals surface area contributed by atoms with E-state index < -0.39 is 0 Å². The van der Waals surface area contributed by atoms with Gasteiger partial charge < -0.3 is 15.6 Å². The van der Waals surface area contributed by atoms with Crippen LogP contribution in [0.3, 0.4) is 0 Å². The normalized spacial score (nSPS) is 23.9. The summed E-state index contributed by atoms with van der Waals surface area (Å²) in [6, 6.07) is 0. The second-order valence-corrected chi connectivity index (χ2v) is 5.14. The zero-order valence-electron chi connectivity index (χ0n) is 9.45. The average molecular weight is 361 g/mol. The first-order valence-corrected chi connectivity index (χ1v) is 6.69. The van der Waals surface area contributed by atoms with E-state index in [2.05, 4.69) is 15.0 Å². The van der Waals surface area contributed by atoms with Crippen molar-refractivity contribution in [3.8, 4) is 0 Å². The van der Waals surface area contributed by atoms with Crippen LogP contribution in [0.5, 0.6) is 0 Å².